The second kappa shape index (κ2) is 89.2. The molecule has 0 aromatic heterocycles. The first-order valence-electron chi connectivity index (χ1n) is 35.7. The first-order chi connectivity index (χ1) is 50.8. The number of aldehydes is 2. The van der Waals surface area contributed by atoms with Crippen LogP contribution >= 0.6 is 0 Å². The molecule has 0 aliphatic carbocycles. The average Bonchev–Trinajstić information content (AvgIpc) is 0.874. The molecule has 9 rings (SSSR count). The van der Waals surface area contributed by atoms with Crippen molar-refractivity contribution < 1.29 is 86.0 Å². The zero-order valence-corrected chi connectivity index (χ0v) is 69.6. The number of aromatic hydroxyl groups is 4. The molecule has 0 atom stereocenters. The van der Waals surface area contributed by atoms with E-state index >= 15 is 0 Å². The van der Waals surface area contributed by atoms with Gasteiger partial charge in [0.05, 0.1) is 28.4 Å². The Morgan fingerprint density at radius 3 is 0.679 bits per heavy atom. The van der Waals surface area contributed by atoms with Gasteiger partial charge >= 0.3 is 0 Å². The van der Waals surface area contributed by atoms with Gasteiger partial charge < -0.3 is 25.2 Å². The van der Waals surface area contributed by atoms with Gasteiger partial charge in [-0.05, 0) is 72.8 Å². The van der Waals surface area contributed by atoms with Crippen molar-refractivity contribution in [3.05, 3.63) is 264 Å². The van der Waals surface area contributed by atoms with Gasteiger partial charge in [0.25, 0.3) is 0 Å². The van der Waals surface area contributed by atoms with Gasteiger partial charge in [-0.3, -0.25) is 25.9 Å². The molecule has 9 aromatic carbocycles. The van der Waals surface area contributed by atoms with Crippen LogP contribution in [-0.4, -0.2) is 57.3 Å². The Labute approximate surface area is 668 Å². The number of anilines is 3. The third-order valence-electron chi connectivity index (χ3n) is 10.4. The summed E-state index contributed by atoms with van der Waals surface area (Å²) in [6.07, 6.45) is 1.46. The second-order valence-electron chi connectivity index (χ2n) is 15.7. The molecule has 3 radical (unpaired) electrons. The molecule has 0 heterocycles. The number of nitrogens with zero attached hydrogens (tertiary/aromatic N) is 9. The number of phenolic OH excluding ortho intramolecular Hbond substituents is 4. The monoisotopic (exact) mass is 1600 g/mol. The number of carbonyl (C=O) groups is 3. The standard InChI is InChI=1S/2C20H16N4O2.C19H16N4O2.12C2H6.CH2O.3Cu/c2*25-14-16-10-4-5-11-17(16)21-23-20(15-8-2-1-3-9-15)24-22-18-12-6-7-13-19(18)26;24-17-12-6-4-10-15(17)20-22-19(14-8-2-1-3-9-14)23-21-16-11-5-7-13-18(16)25;13*1-2;;;/h2*1-14,22,26H;1-13,20,24-25H;12*1-2H3;1H2;;;/b2*23-21?,24-20-;22-19-,23-21?;;;;;;;;;;;;;;;;. The second-order valence-corrected chi connectivity index (χ2v) is 15.7. The van der Waals surface area contributed by atoms with Crippen molar-refractivity contribution in [2.24, 2.45) is 46.0 Å². The van der Waals surface area contributed by atoms with E-state index < -0.39 is 0 Å². The number of rotatable bonds is 14. The molecule has 593 valence electrons. The molecule has 22 heteroatoms. The van der Waals surface area contributed by atoms with Crippen molar-refractivity contribution in [1.29, 1.82) is 0 Å². The zero-order chi connectivity index (χ0) is 79.9. The number of hydrogen-bond acceptors (Lipinski definition) is 16. The summed E-state index contributed by atoms with van der Waals surface area (Å²) >= 11 is 0. The number of hydrogen-bond donors (Lipinski definition) is 7. The molecule has 0 bridgehead atoms. The zero-order valence-electron chi connectivity index (χ0n) is 66.8. The van der Waals surface area contributed by atoms with Gasteiger partial charge in [-0.15, -0.1) is 30.7 Å². The van der Waals surface area contributed by atoms with E-state index in [1.807, 2.05) is 264 Å². The Morgan fingerprint density at radius 2 is 0.453 bits per heavy atom. The summed E-state index contributed by atoms with van der Waals surface area (Å²) in [5, 5.41) is 76.9. The molecule has 0 spiro atoms. The Morgan fingerprint density at radius 1 is 0.264 bits per heavy atom. The van der Waals surface area contributed by atoms with Gasteiger partial charge in [0.2, 0.25) is 17.5 Å². The minimum absolute atomic E-state index is 0. The first kappa shape index (κ1) is 117. The van der Waals surface area contributed by atoms with Crippen LogP contribution in [-0.2, 0) is 56.0 Å². The maximum atomic E-state index is 11.1. The van der Waals surface area contributed by atoms with Crippen molar-refractivity contribution in [2.45, 2.75) is 166 Å². The minimum Gasteiger partial charge on any atom is -0.506 e. The normalized spacial score (nSPS) is 9.08. The Kier molecular flexibility index (Phi) is 98.5. The van der Waals surface area contributed by atoms with Crippen LogP contribution in [0.15, 0.2) is 283 Å². The summed E-state index contributed by atoms with van der Waals surface area (Å²) in [5.41, 5.74) is 14.1. The first-order valence-corrected chi connectivity index (χ1v) is 35.7. The quantitative estimate of drug-likeness (QED) is 0.0103. The number of para-hydroxylation sites is 7. The number of azo groups is 3. The van der Waals surface area contributed by atoms with E-state index in [1.54, 1.807) is 140 Å². The number of carbonyl (C=O) groups excluding carboxylic acids is 3. The number of phenols is 4. The number of nitrogens with one attached hydrogen (secondary N) is 3. The minimum atomic E-state index is 0. The van der Waals surface area contributed by atoms with Crippen LogP contribution in [0, 0.1) is 0 Å². The fourth-order valence-electron chi connectivity index (χ4n) is 6.45. The van der Waals surface area contributed by atoms with E-state index in [4.69, 9.17) is 4.79 Å². The van der Waals surface area contributed by atoms with Crippen LogP contribution in [0.4, 0.5) is 34.1 Å². The largest absolute Gasteiger partial charge is 0.506 e. The Balaban J connectivity index is -0.000000139. The van der Waals surface area contributed by atoms with Crippen molar-refractivity contribution in [3.63, 3.8) is 0 Å². The molecular weight excluding hydrogens is 1480 g/mol. The molecular formula is C84H122Cu3N12O7. The molecule has 0 saturated heterocycles. The third-order valence-corrected chi connectivity index (χ3v) is 10.4. The number of amidine groups is 3. The maximum absolute atomic E-state index is 11.1. The maximum Gasteiger partial charge on any atom is 0.201 e. The van der Waals surface area contributed by atoms with Gasteiger partial charge in [-0.25, -0.2) is 0 Å². The average molecular weight is 1600 g/mol. The molecule has 106 heavy (non-hydrogen) atoms. The van der Waals surface area contributed by atoms with Crippen LogP contribution in [0.1, 0.15) is 204 Å². The van der Waals surface area contributed by atoms with Gasteiger partial charge in [0.1, 0.15) is 35.5 Å². The van der Waals surface area contributed by atoms with Gasteiger partial charge in [-0.2, -0.15) is 15.3 Å². The molecule has 19 nitrogen and oxygen atoms in total. The van der Waals surface area contributed by atoms with E-state index in [2.05, 4.69) is 62.3 Å². The van der Waals surface area contributed by atoms with Crippen LogP contribution in [0.2, 0.25) is 0 Å². The summed E-state index contributed by atoms with van der Waals surface area (Å²) < 4.78 is 0. The summed E-state index contributed by atoms with van der Waals surface area (Å²) in [4.78, 5) is 30.2. The predicted octanol–water partition coefficient (Wildman–Crippen LogP) is 26.3. The van der Waals surface area contributed by atoms with E-state index in [1.165, 1.54) is 6.07 Å². The van der Waals surface area contributed by atoms with Crippen molar-refractivity contribution in [2.75, 3.05) is 16.3 Å². The summed E-state index contributed by atoms with van der Waals surface area (Å²) in [5.74, 6) is 1.21. The summed E-state index contributed by atoms with van der Waals surface area (Å²) in [6.45, 7) is 50.0. The van der Waals surface area contributed by atoms with Crippen LogP contribution in [0.25, 0.3) is 0 Å². The van der Waals surface area contributed by atoms with Crippen molar-refractivity contribution >= 4 is 71.0 Å². The number of benzene rings is 9. The van der Waals surface area contributed by atoms with Gasteiger partial charge in [0.15, 0.2) is 12.6 Å². The Bertz CT molecular complexity index is 3450. The molecule has 0 aliphatic heterocycles. The summed E-state index contributed by atoms with van der Waals surface area (Å²) in [7, 11) is 0. The van der Waals surface area contributed by atoms with Crippen LogP contribution in [0.3, 0.4) is 0 Å². The van der Waals surface area contributed by atoms with Gasteiger partial charge in [0, 0.05) is 79.0 Å². The predicted molar refractivity (Wildman–Crippen MR) is 443 cm³/mol. The van der Waals surface area contributed by atoms with Gasteiger partial charge in [-0.1, -0.05) is 330 Å². The van der Waals surface area contributed by atoms with Crippen LogP contribution < -0.4 is 16.3 Å². The summed E-state index contributed by atoms with van der Waals surface area (Å²) in [6, 6.07) is 68.6. The van der Waals surface area contributed by atoms with Crippen LogP contribution in [0.5, 0.6) is 23.0 Å². The molecule has 0 amide bonds. The molecule has 0 fully saturated rings. The van der Waals surface area contributed by atoms with E-state index in [0.29, 0.717) is 62.8 Å². The van der Waals surface area contributed by atoms with E-state index in [0.717, 1.165) is 29.3 Å². The molecule has 9 aromatic rings. The van der Waals surface area contributed by atoms with E-state index in [-0.39, 0.29) is 74.2 Å². The fraction of sp³-hybridized carbons (Fsp3) is 0.286. The number of hydrazone groups is 3. The molecule has 0 aliphatic rings. The smallest absolute Gasteiger partial charge is 0.201 e. The third kappa shape index (κ3) is 51.2. The fourth-order valence-corrected chi connectivity index (χ4v) is 6.45. The SMILES string of the molecule is C=O.CC.CC.CC.CC.CC.CC.CC.CC.CC.CC.CC.CC.O=Cc1ccccc1N=N/C(=N\Nc1ccccc1O)c1ccccc1.O=Cc1ccccc1N=N/C(=N\Nc1ccccc1O)c1ccccc1.Oc1ccccc1N=N/C(=N\Nc1ccccc1O)c1ccccc1.[Cu].[Cu].[Cu]. The Hall–Kier alpha value is -10.0. The van der Waals surface area contributed by atoms with Crippen molar-refractivity contribution in [1.82, 2.24) is 0 Å². The molecule has 7 N–H and O–H groups in total. The molecule has 0 unspecified atom stereocenters. The van der Waals surface area contributed by atoms with Crippen molar-refractivity contribution in [3.8, 4) is 23.0 Å². The van der Waals surface area contributed by atoms with E-state index in [9.17, 15) is 30.0 Å². The topological polar surface area (TPSA) is 279 Å². The molecule has 0 saturated carbocycles.